The number of nitro groups is 2. The van der Waals surface area contributed by atoms with Crippen LogP contribution in [0.3, 0.4) is 0 Å². The van der Waals surface area contributed by atoms with Gasteiger partial charge in [0.1, 0.15) is 0 Å². The molecule has 8 nitrogen and oxygen atoms in total. The number of hydrogen-bond donors (Lipinski definition) is 0. The van der Waals surface area contributed by atoms with E-state index >= 15 is 0 Å². The van der Waals surface area contributed by atoms with E-state index in [1.54, 1.807) is 0 Å². The van der Waals surface area contributed by atoms with E-state index in [1.807, 2.05) is 0 Å². The molecule has 0 atom stereocenters. The molecule has 0 N–H and O–H groups in total. The molecule has 20 heavy (non-hydrogen) atoms. The van der Waals surface area contributed by atoms with Crippen molar-refractivity contribution in [3.63, 3.8) is 0 Å². The second-order valence-electron chi connectivity index (χ2n) is 3.12. The zero-order chi connectivity index (χ0) is 15.5. The molecule has 0 saturated heterocycles. The number of rotatable bonds is 5. The smallest absolute Gasteiger partial charge is 0.489 e. The van der Waals surface area contributed by atoms with Crippen LogP contribution in [0.2, 0.25) is 0 Å². The van der Waals surface area contributed by atoms with Gasteiger partial charge in [0, 0.05) is 18.1 Å². The van der Waals surface area contributed by atoms with Crippen molar-refractivity contribution in [2.45, 2.75) is 11.3 Å². The number of alkyl halides is 3. The van der Waals surface area contributed by atoms with Crippen LogP contribution in [-0.2, 0) is 4.18 Å². The van der Waals surface area contributed by atoms with Crippen LogP contribution in [0, 0.1) is 20.2 Å². The van der Waals surface area contributed by atoms with E-state index in [-0.39, 0.29) is 12.0 Å². The molecule has 0 heterocycles. The van der Waals surface area contributed by atoms with Crippen LogP contribution in [0.25, 0.3) is 0 Å². The van der Waals surface area contributed by atoms with Gasteiger partial charge in [0.15, 0.2) is 0 Å². The largest absolute Gasteiger partial charge is 0.533 e. The normalized spacial score (nSPS) is 11.2. The summed E-state index contributed by atoms with van der Waals surface area (Å²) in [5.41, 5.74) is -1.60. The van der Waals surface area contributed by atoms with Gasteiger partial charge in [0.2, 0.25) is 5.75 Å². The predicted molar refractivity (Wildman–Crippen MR) is 59.3 cm³/mol. The summed E-state index contributed by atoms with van der Waals surface area (Å²) in [6, 6.07) is 1.26. The van der Waals surface area contributed by atoms with Gasteiger partial charge < -0.3 is 4.74 Å². The Bertz CT molecular complexity index is 550. The Morgan fingerprint density at radius 3 is 2.20 bits per heavy atom. The van der Waals surface area contributed by atoms with Crippen LogP contribution in [0.5, 0.6) is 5.75 Å². The van der Waals surface area contributed by atoms with Crippen molar-refractivity contribution in [2.24, 2.45) is 0 Å². The highest BCUT2D eigenvalue weighted by atomic mass is 32.2. The Kier molecular flexibility index (Phi) is 4.73. The Labute approximate surface area is 113 Å². The number of nitro benzene ring substituents is 2. The molecule has 0 aliphatic rings. The van der Waals surface area contributed by atoms with E-state index in [0.29, 0.717) is 12.1 Å². The standard InChI is InChI=1S/C8H5F3N2O6S/c1-18-7-5(13(16)17)2-4(12(14)15)3-6(7)20-19-8(9,10)11/h2-3H,1H3. The van der Waals surface area contributed by atoms with Gasteiger partial charge in [-0.3, -0.25) is 20.2 Å². The first-order valence-corrected chi connectivity index (χ1v) is 5.33. The molecule has 0 amide bonds. The van der Waals surface area contributed by atoms with Crippen molar-refractivity contribution >= 4 is 23.4 Å². The summed E-state index contributed by atoms with van der Waals surface area (Å²) >= 11 is -0.317. The van der Waals surface area contributed by atoms with E-state index in [4.69, 9.17) is 0 Å². The van der Waals surface area contributed by atoms with E-state index in [1.165, 1.54) is 0 Å². The highest BCUT2D eigenvalue weighted by Crippen LogP contribution is 2.42. The first-order chi connectivity index (χ1) is 9.15. The minimum atomic E-state index is -5.02. The second-order valence-corrected chi connectivity index (χ2v) is 3.90. The third kappa shape index (κ3) is 3.96. The third-order valence-electron chi connectivity index (χ3n) is 1.86. The average molecular weight is 314 g/mol. The van der Waals surface area contributed by atoms with Crippen molar-refractivity contribution in [3.05, 3.63) is 32.4 Å². The number of benzene rings is 1. The van der Waals surface area contributed by atoms with E-state index in [9.17, 15) is 33.4 Å². The van der Waals surface area contributed by atoms with Crippen molar-refractivity contribution in [2.75, 3.05) is 7.11 Å². The molecule has 1 aromatic rings. The lowest BCUT2D eigenvalue weighted by molar-refractivity contribution is -0.395. The van der Waals surface area contributed by atoms with Gasteiger partial charge in [0.05, 0.1) is 27.9 Å². The lowest BCUT2D eigenvalue weighted by atomic mass is 10.2. The molecule has 110 valence electrons. The summed E-state index contributed by atoms with van der Waals surface area (Å²) in [5, 5.41) is 21.3. The Hall–Kier alpha value is -2.08. The lowest BCUT2D eigenvalue weighted by Gasteiger charge is -2.09. The van der Waals surface area contributed by atoms with Crippen LogP contribution in [0.15, 0.2) is 17.0 Å². The summed E-state index contributed by atoms with van der Waals surface area (Å²) in [7, 11) is 0.978. The summed E-state index contributed by atoms with van der Waals surface area (Å²) in [5.74, 6) is -0.560. The van der Waals surface area contributed by atoms with Crippen LogP contribution in [0.1, 0.15) is 0 Å². The van der Waals surface area contributed by atoms with Crippen LogP contribution in [0.4, 0.5) is 24.5 Å². The van der Waals surface area contributed by atoms with E-state index in [2.05, 4.69) is 8.92 Å². The molecule has 12 heteroatoms. The monoisotopic (exact) mass is 314 g/mol. The molecule has 0 radical (unpaired) electrons. The Morgan fingerprint density at radius 2 is 1.80 bits per heavy atom. The fourth-order valence-electron chi connectivity index (χ4n) is 1.17. The van der Waals surface area contributed by atoms with Crippen LogP contribution in [-0.4, -0.2) is 23.3 Å². The van der Waals surface area contributed by atoms with E-state index < -0.39 is 38.2 Å². The number of nitrogens with zero attached hydrogens (tertiary/aromatic N) is 2. The first-order valence-electron chi connectivity index (χ1n) is 4.59. The topological polar surface area (TPSA) is 105 Å². The molecule has 0 fully saturated rings. The molecule has 0 spiro atoms. The molecular weight excluding hydrogens is 309 g/mol. The SMILES string of the molecule is COc1c(SOC(F)(F)F)cc([N+](=O)[O-])cc1[N+](=O)[O-]. The molecule has 0 aliphatic heterocycles. The molecule has 0 aromatic heterocycles. The highest BCUT2D eigenvalue weighted by molar-refractivity contribution is 7.94. The van der Waals surface area contributed by atoms with Gasteiger partial charge >= 0.3 is 12.0 Å². The number of ether oxygens (including phenoxy) is 1. The second kappa shape index (κ2) is 5.92. The fourth-order valence-corrected chi connectivity index (χ4v) is 1.79. The number of hydrogen-bond acceptors (Lipinski definition) is 7. The fraction of sp³-hybridized carbons (Fsp3) is 0.250. The number of non-ortho nitro benzene ring substituents is 1. The first kappa shape index (κ1) is 16.0. The summed E-state index contributed by atoms with van der Waals surface area (Å²) in [6.07, 6.45) is -5.02. The van der Waals surface area contributed by atoms with Crippen LogP contribution < -0.4 is 4.74 Å². The molecule has 0 bridgehead atoms. The summed E-state index contributed by atoms with van der Waals surface area (Å²) in [4.78, 5) is 18.8. The summed E-state index contributed by atoms with van der Waals surface area (Å²) in [6.45, 7) is 0. The maximum absolute atomic E-state index is 11.9. The lowest BCUT2D eigenvalue weighted by Crippen LogP contribution is -2.08. The zero-order valence-electron chi connectivity index (χ0n) is 9.54. The molecule has 1 rings (SSSR count). The maximum Gasteiger partial charge on any atom is 0.533 e. The molecule has 0 unspecified atom stereocenters. The van der Waals surface area contributed by atoms with Gasteiger partial charge in [-0.2, -0.15) is 0 Å². The molecule has 0 saturated carbocycles. The van der Waals surface area contributed by atoms with E-state index in [0.717, 1.165) is 7.11 Å². The number of methoxy groups -OCH3 is 1. The van der Waals surface area contributed by atoms with Gasteiger partial charge in [-0.05, 0) is 0 Å². The minimum Gasteiger partial charge on any atom is -0.489 e. The maximum atomic E-state index is 11.9. The number of halogens is 3. The van der Waals surface area contributed by atoms with Gasteiger partial charge in [0.25, 0.3) is 5.69 Å². The Morgan fingerprint density at radius 1 is 1.20 bits per heavy atom. The van der Waals surface area contributed by atoms with Gasteiger partial charge in [-0.25, -0.2) is 4.18 Å². The molecule has 0 aliphatic carbocycles. The predicted octanol–water partition coefficient (Wildman–Crippen LogP) is 3.06. The Balaban J connectivity index is 3.31. The minimum absolute atomic E-state index is 0.317. The average Bonchev–Trinajstić information content (AvgIpc) is 2.33. The summed E-state index contributed by atoms with van der Waals surface area (Å²) < 4.78 is 43.9. The highest BCUT2D eigenvalue weighted by Gasteiger charge is 2.33. The quantitative estimate of drug-likeness (QED) is 0.467. The zero-order valence-corrected chi connectivity index (χ0v) is 10.4. The van der Waals surface area contributed by atoms with Crippen molar-refractivity contribution in [1.29, 1.82) is 0 Å². The molecular formula is C8H5F3N2O6S. The third-order valence-corrected chi connectivity index (χ3v) is 2.61. The van der Waals surface area contributed by atoms with Gasteiger partial charge in [-0.1, -0.05) is 0 Å². The van der Waals surface area contributed by atoms with Crippen LogP contribution >= 0.6 is 12.0 Å². The van der Waals surface area contributed by atoms with Crippen molar-refractivity contribution in [3.8, 4) is 5.75 Å². The van der Waals surface area contributed by atoms with Gasteiger partial charge in [-0.15, -0.1) is 13.2 Å². The van der Waals surface area contributed by atoms with Crippen molar-refractivity contribution < 1.29 is 31.9 Å². The van der Waals surface area contributed by atoms with Crippen molar-refractivity contribution in [1.82, 2.24) is 0 Å². The molecule has 1 aromatic carbocycles.